The minimum atomic E-state index is 0.949. The van der Waals surface area contributed by atoms with Crippen molar-refractivity contribution in [3.8, 4) is 0 Å². The lowest BCUT2D eigenvalue weighted by Gasteiger charge is -2.17. The van der Waals surface area contributed by atoms with Crippen LogP contribution in [0.1, 0.15) is 17.5 Å². The molecule has 0 aliphatic carbocycles. The van der Waals surface area contributed by atoms with Crippen LogP contribution in [0, 0.1) is 0 Å². The number of hydrogen-bond acceptors (Lipinski definition) is 3. The van der Waals surface area contributed by atoms with Gasteiger partial charge in [-0.15, -0.1) is 0 Å². The summed E-state index contributed by atoms with van der Waals surface area (Å²) in [6, 6.07) is 8.48. The van der Waals surface area contributed by atoms with Crippen LogP contribution >= 0.6 is 10.1 Å². The smallest absolute Gasteiger partial charge is 0.233 e. The predicted octanol–water partition coefficient (Wildman–Crippen LogP) is 1.74. The van der Waals surface area contributed by atoms with Gasteiger partial charge in [0.25, 0.3) is 0 Å². The molecule has 15 heavy (non-hydrogen) atoms. The SMILES string of the molecule is [Al][S]Cc1ccccc1C1=NCCCN1. The van der Waals surface area contributed by atoms with Gasteiger partial charge in [-0.25, -0.2) is 0 Å². The van der Waals surface area contributed by atoms with Gasteiger partial charge in [0.15, 0.2) is 0 Å². The zero-order chi connectivity index (χ0) is 10.5. The van der Waals surface area contributed by atoms with Gasteiger partial charge in [-0.1, -0.05) is 24.3 Å². The molecule has 1 aliphatic rings. The highest BCUT2D eigenvalue weighted by atomic mass is 32.3. The largest absolute Gasteiger partial charge is 0.370 e. The molecule has 0 amide bonds. The van der Waals surface area contributed by atoms with E-state index in [1.165, 1.54) is 11.1 Å². The summed E-state index contributed by atoms with van der Waals surface area (Å²) in [6.45, 7) is 1.99. The Balaban J connectivity index is 2.29. The maximum Gasteiger partial charge on any atom is 0.233 e. The van der Waals surface area contributed by atoms with E-state index in [1.807, 2.05) is 0 Å². The van der Waals surface area contributed by atoms with Crippen LogP contribution in [0.15, 0.2) is 29.3 Å². The fraction of sp³-hybridized carbons (Fsp3) is 0.364. The molecule has 0 spiro atoms. The first-order valence-corrected chi connectivity index (χ1v) is 7.56. The van der Waals surface area contributed by atoms with Crippen molar-refractivity contribution < 1.29 is 0 Å². The third kappa shape index (κ3) is 2.78. The lowest BCUT2D eigenvalue weighted by Crippen LogP contribution is -2.30. The summed E-state index contributed by atoms with van der Waals surface area (Å²) in [4.78, 5) is 4.53. The number of hydrogen-bond donors (Lipinski definition) is 1. The van der Waals surface area contributed by atoms with Crippen molar-refractivity contribution in [3.05, 3.63) is 35.4 Å². The highest BCUT2D eigenvalue weighted by molar-refractivity contribution is 8.19. The fourth-order valence-corrected chi connectivity index (χ4v) is 2.65. The highest BCUT2D eigenvalue weighted by Gasteiger charge is 2.09. The first-order chi connectivity index (χ1) is 7.42. The zero-order valence-electron chi connectivity index (χ0n) is 8.57. The minimum absolute atomic E-state index is 0.949. The Morgan fingerprint density at radius 1 is 1.40 bits per heavy atom. The van der Waals surface area contributed by atoms with E-state index in [9.17, 15) is 0 Å². The van der Waals surface area contributed by atoms with Crippen LogP contribution in [-0.4, -0.2) is 34.1 Å². The van der Waals surface area contributed by atoms with Crippen LogP contribution in [0.5, 0.6) is 0 Å². The van der Waals surface area contributed by atoms with E-state index in [4.69, 9.17) is 0 Å². The molecular formula is C11H13AlN2S. The van der Waals surface area contributed by atoms with Crippen LogP contribution in [0.3, 0.4) is 0 Å². The number of benzene rings is 1. The standard InChI is InChI=1S/C11H14N2S.Al/c14-8-9-4-1-2-5-10(9)11-12-6-3-7-13-11;/h1-2,4-5,14H,3,6-8H2,(H,12,13);/q;+1/p-1. The lowest BCUT2D eigenvalue weighted by atomic mass is 10.1. The van der Waals surface area contributed by atoms with Gasteiger partial charge in [0.05, 0.1) is 0 Å². The van der Waals surface area contributed by atoms with Crippen molar-refractivity contribution in [2.45, 2.75) is 12.2 Å². The third-order valence-corrected chi connectivity index (χ3v) is 3.39. The molecule has 0 fully saturated rings. The van der Waals surface area contributed by atoms with Crippen LogP contribution in [0.2, 0.25) is 0 Å². The molecule has 1 aromatic rings. The van der Waals surface area contributed by atoms with Crippen molar-refractivity contribution in [2.24, 2.45) is 4.99 Å². The average Bonchev–Trinajstić information content (AvgIpc) is 2.31. The monoisotopic (exact) mass is 232 g/mol. The summed E-state index contributed by atoms with van der Waals surface area (Å²) in [6.07, 6.45) is 1.14. The Kier molecular flexibility index (Phi) is 4.13. The van der Waals surface area contributed by atoms with Crippen LogP contribution in [-0.2, 0) is 5.75 Å². The van der Waals surface area contributed by atoms with Crippen molar-refractivity contribution >= 4 is 31.1 Å². The molecule has 2 nitrogen and oxygen atoms in total. The van der Waals surface area contributed by atoms with E-state index < -0.39 is 0 Å². The van der Waals surface area contributed by atoms with E-state index in [0.29, 0.717) is 0 Å². The van der Waals surface area contributed by atoms with Gasteiger partial charge >= 0.3 is 0 Å². The molecule has 1 aromatic carbocycles. The molecule has 0 saturated heterocycles. The second-order valence-corrected chi connectivity index (χ2v) is 5.10. The molecule has 1 heterocycles. The molecule has 0 unspecified atom stereocenters. The molecule has 0 saturated carbocycles. The second kappa shape index (κ2) is 5.60. The van der Waals surface area contributed by atoms with Gasteiger partial charge in [-0.2, -0.15) is 0 Å². The number of nitrogens with zero attached hydrogens (tertiary/aromatic N) is 1. The minimum Gasteiger partial charge on any atom is -0.370 e. The van der Waals surface area contributed by atoms with Gasteiger partial charge in [-0.05, 0) is 17.7 Å². The van der Waals surface area contributed by atoms with E-state index in [-0.39, 0.29) is 0 Å². The maximum atomic E-state index is 4.53. The Labute approximate surface area is 102 Å². The number of rotatable bonds is 3. The van der Waals surface area contributed by atoms with E-state index >= 15 is 0 Å². The molecule has 2 radical (unpaired) electrons. The Hall–Kier alpha value is -0.428. The molecule has 0 atom stereocenters. The normalized spacial score (nSPS) is 15.6. The molecule has 4 heteroatoms. The summed E-state index contributed by atoms with van der Waals surface area (Å²) in [7, 11) is 1.77. The Morgan fingerprint density at radius 2 is 2.27 bits per heavy atom. The van der Waals surface area contributed by atoms with Crippen molar-refractivity contribution in [2.75, 3.05) is 13.1 Å². The van der Waals surface area contributed by atoms with Crippen molar-refractivity contribution in [3.63, 3.8) is 0 Å². The van der Waals surface area contributed by atoms with Gasteiger partial charge in [0.1, 0.15) is 5.84 Å². The van der Waals surface area contributed by atoms with E-state index in [0.717, 1.165) is 31.1 Å². The van der Waals surface area contributed by atoms with Gasteiger partial charge < -0.3 is 5.32 Å². The summed E-state index contributed by atoms with van der Waals surface area (Å²) in [5.41, 5.74) is 2.61. The topological polar surface area (TPSA) is 24.4 Å². The predicted molar refractivity (Wildman–Crippen MR) is 67.5 cm³/mol. The van der Waals surface area contributed by atoms with Crippen molar-refractivity contribution in [1.82, 2.24) is 5.32 Å². The number of aliphatic imine (C=N–C) groups is 1. The summed E-state index contributed by atoms with van der Waals surface area (Å²) < 4.78 is 0. The van der Waals surface area contributed by atoms with Gasteiger partial charge in [0.2, 0.25) is 15.2 Å². The Morgan fingerprint density at radius 3 is 3.00 bits per heavy atom. The maximum absolute atomic E-state index is 4.53. The highest BCUT2D eigenvalue weighted by Crippen LogP contribution is 2.15. The molecule has 2 rings (SSSR count). The summed E-state index contributed by atoms with van der Waals surface area (Å²) >= 11 is 2.70. The average molecular weight is 232 g/mol. The summed E-state index contributed by atoms with van der Waals surface area (Å²) in [5, 5.41) is 3.37. The first kappa shape index (κ1) is 11.1. The zero-order valence-corrected chi connectivity index (χ0v) is 10.5. The first-order valence-electron chi connectivity index (χ1n) is 5.10. The number of amidine groups is 1. The van der Waals surface area contributed by atoms with E-state index in [1.54, 1.807) is 10.1 Å². The Bertz CT molecular complexity index is 365. The van der Waals surface area contributed by atoms with Gasteiger partial charge in [-0.3, -0.25) is 15.1 Å². The van der Waals surface area contributed by atoms with Gasteiger partial charge in [0, 0.05) is 18.7 Å². The molecule has 76 valence electrons. The number of nitrogens with one attached hydrogen (secondary N) is 1. The molecule has 1 aliphatic heterocycles. The van der Waals surface area contributed by atoms with E-state index in [2.05, 4.69) is 49.7 Å². The second-order valence-electron chi connectivity index (χ2n) is 3.48. The summed E-state index contributed by atoms with van der Waals surface area (Å²) in [5.74, 6) is 2.08. The lowest BCUT2D eigenvalue weighted by molar-refractivity contribution is 0.742. The molecule has 1 N–H and O–H groups in total. The quantitative estimate of drug-likeness (QED) is 0.803. The van der Waals surface area contributed by atoms with Crippen molar-refractivity contribution in [1.29, 1.82) is 0 Å². The van der Waals surface area contributed by atoms with Crippen LogP contribution < -0.4 is 5.32 Å². The third-order valence-electron chi connectivity index (χ3n) is 2.41. The van der Waals surface area contributed by atoms with Crippen LogP contribution in [0.25, 0.3) is 0 Å². The molecular weight excluding hydrogens is 219 g/mol. The molecule has 0 bridgehead atoms. The van der Waals surface area contributed by atoms with Crippen LogP contribution in [0.4, 0.5) is 0 Å². The molecule has 0 aromatic heterocycles. The fourth-order valence-electron chi connectivity index (χ4n) is 1.68.